The van der Waals surface area contributed by atoms with Gasteiger partial charge >= 0.3 is 0 Å². The van der Waals surface area contributed by atoms with Crippen molar-refractivity contribution in [2.24, 2.45) is 7.05 Å². The van der Waals surface area contributed by atoms with Gasteiger partial charge in [0.2, 0.25) is 0 Å². The van der Waals surface area contributed by atoms with Gasteiger partial charge in [0.1, 0.15) is 5.56 Å². The number of hydrogen-bond acceptors (Lipinski definition) is 2. The maximum Gasteiger partial charge on any atom is 0.263 e. The molecule has 0 radical (unpaired) electrons. The zero-order valence-electron chi connectivity index (χ0n) is 9.55. The zero-order valence-corrected chi connectivity index (χ0v) is 9.55. The maximum absolute atomic E-state index is 11.8. The Morgan fingerprint density at radius 3 is 2.60 bits per heavy atom. The Kier molecular flexibility index (Phi) is 3.29. The second-order valence-corrected chi connectivity index (χ2v) is 3.57. The monoisotopic (exact) mass is 208 g/mol. The van der Waals surface area contributed by atoms with Gasteiger partial charge in [-0.2, -0.15) is 0 Å². The third-order valence-corrected chi connectivity index (χ3v) is 2.43. The fourth-order valence-electron chi connectivity index (χ4n) is 1.50. The lowest BCUT2D eigenvalue weighted by Crippen LogP contribution is -2.33. The summed E-state index contributed by atoms with van der Waals surface area (Å²) in [4.78, 5) is 23.5. The summed E-state index contributed by atoms with van der Waals surface area (Å²) in [5, 5.41) is 2.64. The van der Waals surface area contributed by atoms with Crippen molar-refractivity contribution in [2.45, 2.75) is 20.8 Å². The first-order valence-corrected chi connectivity index (χ1v) is 4.94. The topological polar surface area (TPSA) is 51.1 Å². The molecule has 4 nitrogen and oxygen atoms in total. The van der Waals surface area contributed by atoms with Gasteiger partial charge in [-0.1, -0.05) is 0 Å². The van der Waals surface area contributed by atoms with E-state index in [0.717, 1.165) is 11.3 Å². The van der Waals surface area contributed by atoms with Gasteiger partial charge in [0.15, 0.2) is 0 Å². The van der Waals surface area contributed by atoms with Crippen molar-refractivity contribution in [3.63, 3.8) is 0 Å². The third-order valence-electron chi connectivity index (χ3n) is 2.43. The number of hydrogen-bond donors (Lipinski definition) is 1. The summed E-state index contributed by atoms with van der Waals surface area (Å²) in [6.07, 6.45) is 0. The van der Waals surface area contributed by atoms with Gasteiger partial charge in [0, 0.05) is 19.3 Å². The number of amides is 1. The van der Waals surface area contributed by atoms with E-state index in [0.29, 0.717) is 6.54 Å². The van der Waals surface area contributed by atoms with Crippen LogP contribution < -0.4 is 10.9 Å². The minimum Gasteiger partial charge on any atom is -0.352 e. The van der Waals surface area contributed by atoms with Crippen LogP contribution in [0.3, 0.4) is 0 Å². The Labute approximate surface area is 88.9 Å². The molecule has 0 aromatic carbocycles. The van der Waals surface area contributed by atoms with E-state index in [1.54, 1.807) is 14.0 Å². The molecule has 0 saturated heterocycles. The molecule has 15 heavy (non-hydrogen) atoms. The van der Waals surface area contributed by atoms with E-state index in [-0.39, 0.29) is 17.0 Å². The SMILES string of the molecule is CCNC(=O)c1c(C)cc(C)n(C)c1=O. The molecule has 0 saturated carbocycles. The summed E-state index contributed by atoms with van der Waals surface area (Å²) in [5.41, 5.74) is 1.58. The van der Waals surface area contributed by atoms with Gasteiger partial charge in [-0.25, -0.2) is 0 Å². The highest BCUT2D eigenvalue weighted by atomic mass is 16.2. The molecule has 1 N–H and O–H groups in total. The van der Waals surface area contributed by atoms with Crippen LogP contribution in [-0.2, 0) is 7.05 Å². The molecule has 0 unspecified atom stereocenters. The normalized spacial score (nSPS) is 10.1. The summed E-state index contributed by atoms with van der Waals surface area (Å²) in [7, 11) is 1.67. The summed E-state index contributed by atoms with van der Waals surface area (Å²) in [6, 6.07) is 1.84. The molecule has 0 atom stereocenters. The first-order valence-electron chi connectivity index (χ1n) is 4.94. The summed E-state index contributed by atoms with van der Waals surface area (Å²) in [5.74, 6) is -0.296. The summed E-state index contributed by atoms with van der Waals surface area (Å²) in [6.45, 7) is 5.97. The van der Waals surface area contributed by atoms with Crippen molar-refractivity contribution in [3.8, 4) is 0 Å². The van der Waals surface area contributed by atoms with Gasteiger partial charge in [0.25, 0.3) is 11.5 Å². The molecule has 0 aliphatic heterocycles. The van der Waals surface area contributed by atoms with Crippen molar-refractivity contribution in [2.75, 3.05) is 6.54 Å². The van der Waals surface area contributed by atoms with Crippen LogP contribution in [0.5, 0.6) is 0 Å². The van der Waals surface area contributed by atoms with Gasteiger partial charge < -0.3 is 9.88 Å². The molecule has 1 aromatic rings. The van der Waals surface area contributed by atoms with Crippen molar-refractivity contribution in [1.82, 2.24) is 9.88 Å². The Hall–Kier alpha value is -1.58. The number of aromatic nitrogens is 1. The highest BCUT2D eigenvalue weighted by Gasteiger charge is 2.14. The zero-order chi connectivity index (χ0) is 11.6. The van der Waals surface area contributed by atoms with E-state index >= 15 is 0 Å². The van der Waals surface area contributed by atoms with Crippen LogP contribution in [0.1, 0.15) is 28.5 Å². The molecule has 0 aliphatic carbocycles. The highest BCUT2D eigenvalue weighted by molar-refractivity contribution is 5.95. The molecule has 1 amide bonds. The van der Waals surface area contributed by atoms with Crippen LogP contribution in [-0.4, -0.2) is 17.0 Å². The second-order valence-electron chi connectivity index (χ2n) is 3.57. The Morgan fingerprint density at radius 1 is 1.47 bits per heavy atom. The number of pyridine rings is 1. The third kappa shape index (κ3) is 2.09. The average Bonchev–Trinajstić information content (AvgIpc) is 2.15. The van der Waals surface area contributed by atoms with Crippen molar-refractivity contribution >= 4 is 5.91 Å². The van der Waals surface area contributed by atoms with Gasteiger partial charge in [-0.3, -0.25) is 9.59 Å². The first kappa shape index (κ1) is 11.5. The Bertz CT molecular complexity index is 447. The number of aryl methyl sites for hydroxylation is 2. The molecular formula is C11H16N2O2. The van der Waals surface area contributed by atoms with Gasteiger partial charge in [0.05, 0.1) is 0 Å². The summed E-state index contributed by atoms with van der Waals surface area (Å²) < 4.78 is 1.48. The Balaban J connectivity index is 3.36. The van der Waals surface area contributed by atoms with Crippen molar-refractivity contribution < 1.29 is 4.79 Å². The second kappa shape index (κ2) is 4.29. The number of nitrogens with one attached hydrogen (secondary N) is 1. The minimum atomic E-state index is -0.296. The lowest BCUT2D eigenvalue weighted by atomic mass is 10.1. The smallest absolute Gasteiger partial charge is 0.263 e. The molecule has 0 bridgehead atoms. The number of carbonyl (C=O) groups excluding carboxylic acids is 1. The van der Waals surface area contributed by atoms with E-state index in [4.69, 9.17) is 0 Å². The van der Waals surface area contributed by atoms with Crippen LogP contribution in [0.4, 0.5) is 0 Å². The Morgan fingerprint density at radius 2 is 2.07 bits per heavy atom. The number of rotatable bonds is 2. The molecule has 1 aromatic heterocycles. The van der Waals surface area contributed by atoms with E-state index in [1.165, 1.54) is 4.57 Å². The quantitative estimate of drug-likeness (QED) is 0.779. The lowest BCUT2D eigenvalue weighted by molar-refractivity contribution is 0.0953. The number of carbonyl (C=O) groups is 1. The fraction of sp³-hybridized carbons (Fsp3) is 0.455. The predicted octanol–water partition coefficient (Wildman–Crippen LogP) is 0.752. The van der Waals surface area contributed by atoms with Crippen LogP contribution in [0.2, 0.25) is 0 Å². The van der Waals surface area contributed by atoms with E-state index in [9.17, 15) is 9.59 Å². The average molecular weight is 208 g/mol. The molecular weight excluding hydrogens is 192 g/mol. The fourth-order valence-corrected chi connectivity index (χ4v) is 1.50. The van der Waals surface area contributed by atoms with Gasteiger partial charge in [-0.05, 0) is 32.4 Å². The van der Waals surface area contributed by atoms with Crippen LogP contribution >= 0.6 is 0 Å². The van der Waals surface area contributed by atoms with Crippen LogP contribution in [0, 0.1) is 13.8 Å². The lowest BCUT2D eigenvalue weighted by Gasteiger charge is -2.09. The molecule has 0 aliphatic rings. The first-order chi connectivity index (χ1) is 6.99. The molecule has 0 spiro atoms. The molecule has 1 rings (SSSR count). The highest BCUT2D eigenvalue weighted by Crippen LogP contribution is 2.04. The van der Waals surface area contributed by atoms with E-state index in [1.807, 2.05) is 19.9 Å². The predicted molar refractivity (Wildman–Crippen MR) is 59.2 cm³/mol. The molecule has 82 valence electrons. The van der Waals surface area contributed by atoms with Crippen molar-refractivity contribution in [1.29, 1.82) is 0 Å². The van der Waals surface area contributed by atoms with Crippen LogP contribution in [0.15, 0.2) is 10.9 Å². The minimum absolute atomic E-state index is 0.238. The molecule has 4 heteroatoms. The standard InChI is InChI=1S/C11H16N2O2/c1-5-12-10(14)9-7(2)6-8(3)13(4)11(9)15/h6H,5H2,1-4H3,(H,12,14). The largest absolute Gasteiger partial charge is 0.352 e. The van der Waals surface area contributed by atoms with E-state index < -0.39 is 0 Å². The maximum atomic E-state index is 11.8. The molecule has 0 fully saturated rings. The van der Waals surface area contributed by atoms with E-state index in [2.05, 4.69) is 5.32 Å². The van der Waals surface area contributed by atoms with Crippen LogP contribution in [0.25, 0.3) is 0 Å². The summed E-state index contributed by atoms with van der Waals surface area (Å²) >= 11 is 0. The number of nitrogens with zero attached hydrogens (tertiary/aromatic N) is 1. The van der Waals surface area contributed by atoms with Gasteiger partial charge in [-0.15, -0.1) is 0 Å². The van der Waals surface area contributed by atoms with Crippen molar-refractivity contribution in [3.05, 3.63) is 33.2 Å². The molecule has 1 heterocycles.